The molecule has 1 aromatic rings. The molecule has 0 aliphatic heterocycles. The van der Waals surface area contributed by atoms with Crippen LogP contribution in [0.2, 0.25) is 0 Å². The number of hydrogen-bond acceptors (Lipinski definition) is 3. The first-order valence-corrected chi connectivity index (χ1v) is 8.70. The van der Waals surface area contributed by atoms with E-state index in [1.165, 1.54) is 0 Å². The molecular formula is C15H24N2O2S. The van der Waals surface area contributed by atoms with E-state index >= 15 is 0 Å². The topological polar surface area (TPSA) is 63.4 Å². The predicted octanol–water partition coefficient (Wildman–Crippen LogP) is 2.34. The highest BCUT2D eigenvalue weighted by Gasteiger charge is 2.38. The van der Waals surface area contributed by atoms with E-state index in [-0.39, 0.29) is 12.6 Å². The van der Waals surface area contributed by atoms with Crippen LogP contribution in [0, 0.1) is 5.92 Å². The minimum Gasteiger partial charge on any atom is -0.326 e. The van der Waals surface area contributed by atoms with Crippen molar-refractivity contribution in [3.8, 4) is 0 Å². The number of benzene rings is 1. The Balaban J connectivity index is 2.30. The molecule has 1 saturated carbocycles. The van der Waals surface area contributed by atoms with Crippen LogP contribution < -0.4 is 5.73 Å². The van der Waals surface area contributed by atoms with Crippen LogP contribution in [0.5, 0.6) is 0 Å². The summed E-state index contributed by atoms with van der Waals surface area (Å²) in [5, 5.41) is 0. The fraction of sp³-hybridized carbons (Fsp3) is 0.600. The largest absolute Gasteiger partial charge is 0.326 e. The van der Waals surface area contributed by atoms with Gasteiger partial charge in [-0.15, -0.1) is 0 Å². The Kier molecular flexibility index (Phi) is 4.83. The minimum atomic E-state index is -3.42. The van der Waals surface area contributed by atoms with Crippen LogP contribution in [0.3, 0.4) is 0 Å². The lowest BCUT2D eigenvalue weighted by molar-refractivity contribution is 0.373. The highest BCUT2D eigenvalue weighted by atomic mass is 32.2. The number of nitrogens with zero attached hydrogens (tertiary/aromatic N) is 1. The average molecular weight is 296 g/mol. The van der Waals surface area contributed by atoms with Gasteiger partial charge in [0.05, 0.1) is 4.90 Å². The fourth-order valence-corrected chi connectivity index (χ4v) is 4.23. The van der Waals surface area contributed by atoms with Crippen LogP contribution in [0.4, 0.5) is 0 Å². The third-order valence-electron chi connectivity index (χ3n) is 3.66. The molecule has 0 amide bonds. The minimum absolute atomic E-state index is 0.185. The molecule has 20 heavy (non-hydrogen) atoms. The molecule has 4 nitrogen and oxygen atoms in total. The van der Waals surface area contributed by atoms with Gasteiger partial charge < -0.3 is 5.73 Å². The molecule has 1 fully saturated rings. The van der Waals surface area contributed by atoms with E-state index in [2.05, 4.69) is 13.8 Å². The first-order chi connectivity index (χ1) is 9.46. The van der Waals surface area contributed by atoms with Gasteiger partial charge in [-0.3, -0.25) is 0 Å². The summed E-state index contributed by atoms with van der Waals surface area (Å²) in [6, 6.07) is 7.24. The van der Waals surface area contributed by atoms with Gasteiger partial charge in [-0.2, -0.15) is 4.31 Å². The van der Waals surface area contributed by atoms with Crippen molar-refractivity contribution < 1.29 is 8.42 Å². The van der Waals surface area contributed by atoms with E-state index < -0.39 is 10.0 Å². The molecule has 1 aliphatic carbocycles. The summed E-state index contributed by atoms with van der Waals surface area (Å²) in [6.07, 6.45) is 2.84. The molecule has 0 heterocycles. The van der Waals surface area contributed by atoms with Crippen LogP contribution in [-0.2, 0) is 16.6 Å². The molecule has 5 heteroatoms. The summed E-state index contributed by atoms with van der Waals surface area (Å²) in [5.74, 6) is 0.496. The van der Waals surface area contributed by atoms with E-state index in [4.69, 9.17) is 5.73 Å². The van der Waals surface area contributed by atoms with Crippen molar-refractivity contribution >= 4 is 10.0 Å². The molecule has 2 rings (SSSR count). The van der Waals surface area contributed by atoms with Crippen molar-refractivity contribution in [2.45, 2.75) is 50.6 Å². The normalized spacial score (nSPS) is 16.1. The molecule has 2 N–H and O–H groups in total. The number of hydrogen-bond donors (Lipinski definition) is 1. The number of sulfonamides is 1. The van der Waals surface area contributed by atoms with Crippen molar-refractivity contribution in [1.29, 1.82) is 0 Å². The molecule has 0 aromatic heterocycles. The Morgan fingerprint density at radius 2 is 1.95 bits per heavy atom. The van der Waals surface area contributed by atoms with Gasteiger partial charge in [0.2, 0.25) is 10.0 Å². The third kappa shape index (κ3) is 3.40. The van der Waals surface area contributed by atoms with Crippen molar-refractivity contribution in [2.24, 2.45) is 11.7 Å². The lowest BCUT2D eigenvalue weighted by atomic mass is 10.1. The van der Waals surface area contributed by atoms with Gasteiger partial charge in [0.25, 0.3) is 0 Å². The first kappa shape index (κ1) is 15.5. The zero-order chi connectivity index (χ0) is 14.8. The maximum absolute atomic E-state index is 12.9. The van der Waals surface area contributed by atoms with E-state index in [0.29, 0.717) is 22.9 Å². The third-order valence-corrected chi connectivity index (χ3v) is 5.71. The van der Waals surface area contributed by atoms with Crippen molar-refractivity contribution in [3.05, 3.63) is 29.8 Å². The van der Waals surface area contributed by atoms with E-state index in [9.17, 15) is 8.42 Å². The van der Waals surface area contributed by atoms with Crippen molar-refractivity contribution in [2.75, 3.05) is 6.54 Å². The Bertz CT molecular complexity index is 551. The lowest BCUT2D eigenvalue weighted by Gasteiger charge is -2.24. The van der Waals surface area contributed by atoms with E-state index in [1.807, 2.05) is 6.07 Å². The van der Waals surface area contributed by atoms with Crippen LogP contribution in [0.1, 0.15) is 38.7 Å². The summed E-state index contributed by atoms with van der Waals surface area (Å²) < 4.78 is 27.4. The fourth-order valence-electron chi connectivity index (χ4n) is 2.30. The molecule has 0 radical (unpaired) electrons. The predicted molar refractivity (Wildman–Crippen MR) is 80.7 cm³/mol. The van der Waals surface area contributed by atoms with Crippen LogP contribution in [-0.4, -0.2) is 25.3 Å². The molecule has 1 aromatic carbocycles. The SMILES string of the molecule is CC(C)CCN(C1CC1)S(=O)(=O)c1ccccc1CN. The van der Waals surface area contributed by atoms with Crippen molar-refractivity contribution in [1.82, 2.24) is 4.31 Å². The second-order valence-corrected chi connectivity index (χ2v) is 7.70. The zero-order valence-electron chi connectivity index (χ0n) is 12.2. The maximum Gasteiger partial charge on any atom is 0.243 e. The van der Waals surface area contributed by atoms with Gasteiger partial charge in [-0.25, -0.2) is 8.42 Å². The van der Waals surface area contributed by atoms with Crippen LogP contribution >= 0.6 is 0 Å². The van der Waals surface area contributed by atoms with Gasteiger partial charge in [0.15, 0.2) is 0 Å². The first-order valence-electron chi connectivity index (χ1n) is 7.26. The van der Waals surface area contributed by atoms with Crippen LogP contribution in [0.15, 0.2) is 29.2 Å². The molecule has 0 unspecified atom stereocenters. The Morgan fingerprint density at radius 1 is 1.30 bits per heavy atom. The second-order valence-electron chi connectivity index (χ2n) is 5.84. The smallest absolute Gasteiger partial charge is 0.243 e. The summed E-state index contributed by atoms with van der Waals surface area (Å²) in [4.78, 5) is 0.373. The molecule has 1 aliphatic rings. The molecular weight excluding hydrogens is 272 g/mol. The highest BCUT2D eigenvalue weighted by molar-refractivity contribution is 7.89. The molecule has 0 bridgehead atoms. The standard InChI is InChI=1S/C15H24N2O2S/c1-12(2)9-10-17(14-7-8-14)20(18,19)15-6-4-3-5-13(15)11-16/h3-6,12,14H,7-11,16H2,1-2H3. The molecule has 112 valence electrons. The Hall–Kier alpha value is -0.910. The summed E-state index contributed by atoms with van der Waals surface area (Å²) >= 11 is 0. The highest BCUT2D eigenvalue weighted by Crippen LogP contribution is 2.33. The van der Waals surface area contributed by atoms with E-state index in [1.54, 1.807) is 22.5 Å². The Morgan fingerprint density at radius 3 is 2.50 bits per heavy atom. The average Bonchev–Trinajstić information content (AvgIpc) is 3.23. The lowest BCUT2D eigenvalue weighted by Crippen LogP contribution is -2.35. The van der Waals surface area contributed by atoms with Gasteiger partial charge in [-0.1, -0.05) is 32.0 Å². The number of nitrogens with two attached hydrogens (primary N) is 1. The quantitative estimate of drug-likeness (QED) is 0.840. The molecule has 0 spiro atoms. The number of rotatable bonds is 7. The van der Waals surface area contributed by atoms with Gasteiger partial charge in [0, 0.05) is 19.1 Å². The van der Waals surface area contributed by atoms with Crippen molar-refractivity contribution in [3.63, 3.8) is 0 Å². The molecule has 0 saturated heterocycles. The zero-order valence-corrected chi connectivity index (χ0v) is 13.1. The summed E-state index contributed by atoms with van der Waals surface area (Å²) in [5.41, 5.74) is 6.38. The Labute approximate surface area is 122 Å². The second kappa shape index (κ2) is 6.24. The maximum atomic E-state index is 12.9. The van der Waals surface area contributed by atoms with Crippen LogP contribution in [0.25, 0.3) is 0 Å². The van der Waals surface area contributed by atoms with Gasteiger partial charge in [-0.05, 0) is 36.8 Å². The molecule has 0 atom stereocenters. The van der Waals surface area contributed by atoms with E-state index in [0.717, 1.165) is 19.3 Å². The summed E-state index contributed by atoms with van der Waals surface area (Å²) in [7, 11) is -3.42. The monoisotopic (exact) mass is 296 g/mol. The summed E-state index contributed by atoms with van der Waals surface area (Å²) in [6.45, 7) is 5.08. The van der Waals surface area contributed by atoms with Gasteiger partial charge >= 0.3 is 0 Å². The van der Waals surface area contributed by atoms with Gasteiger partial charge in [0.1, 0.15) is 0 Å².